The van der Waals surface area contributed by atoms with Crippen molar-refractivity contribution < 1.29 is 18.0 Å². The number of hydrogen-bond donors (Lipinski definition) is 0. The number of thioether (sulfide) groups is 1. The summed E-state index contributed by atoms with van der Waals surface area (Å²) in [5.41, 5.74) is 1.74. The molecule has 0 unspecified atom stereocenters. The van der Waals surface area contributed by atoms with Crippen LogP contribution < -0.4 is 4.90 Å². The van der Waals surface area contributed by atoms with Crippen LogP contribution in [0.25, 0.3) is 5.57 Å². The molecule has 2 amide bonds. The van der Waals surface area contributed by atoms with Gasteiger partial charge >= 0.3 is 0 Å². The number of rotatable bonds is 3. The molecule has 0 spiro atoms. The topological polar surface area (TPSA) is 74.8 Å². The molecule has 0 N–H and O–H groups in total. The second-order valence-electron chi connectivity index (χ2n) is 6.53. The Morgan fingerprint density at radius 3 is 2.67 bits per heavy atom. The molecule has 0 aliphatic carbocycles. The van der Waals surface area contributed by atoms with Crippen molar-refractivity contribution in [2.45, 2.75) is 12.5 Å². The van der Waals surface area contributed by atoms with Gasteiger partial charge in [0.15, 0.2) is 9.84 Å². The van der Waals surface area contributed by atoms with Crippen molar-refractivity contribution in [1.82, 2.24) is 4.90 Å². The molecular formula is C18H16N2O4S3. The number of carbonyl (C=O) groups excluding carboxylic acids is 2. The molecule has 0 aromatic heterocycles. The molecule has 1 aromatic rings. The van der Waals surface area contributed by atoms with Crippen molar-refractivity contribution in [1.29, 1.82) is 0 Å². The maximum Gasteiger partial charge on any atom is 0.267 e. The Morgan fingerprint density at radius 2 is 2.00 bits per heavy atom. The molecular weight excluding hydrogens is 404 g/mol. The molecule has 140 valence electrons. The Morgan fingerprint density at radius 1 is 1.26 bits per heavy atom. The monoisotopic (exact) mass is 420 g/mol. The number of amides is 2. The van der Waals surface area contributed by atoms with Crippen molar-refractivity contribution in [3.05, 3.63) is 47.4 Å². The minimum atomic E-state index is -3.16. The Labute approximate surface area is 166 Å². The van der Waals surface area contributed by atoms with E-state index in [4.69, 9.17) is 12.2 Å². The second-order valence-corrected chi connectivity index (χ2v) is 10.4. The van der Waals surface area contributed by atoms with E-state index in [2.05, 4.69) is 6.58 Å². The summed E-state index contributed by atoms with van der Waals surface area (Å²) in [4.78, 5) is 29.3. The highest BCUT2D eigenvalue weighted by Gasteiger charge is 2.46. The zero-order valence-electron chi connectivity index (χ0n) is 14.3. The van der Waals surface area contributed by atoms with Crippen LogP contribution in [0, 0.1) is 0 Å². The van der Waals surface area contributed by atoms with Gasteiger partial charge in [0.05, 0.1) is 33.7 Å². The molecule has 2 saturated heterocycles. The van der Waals surface area contributed by atoms with Crippen molar-refractivity contribution in [3.8, 4) is 0 Å². The highest BCUT2D eigenvalue weighted by Crippen LogP contribution is 2.45. The third-order valence-corrected chi connectivity index (χ3v) is 7.99. The summed E-state index contributed by atoms with van der Waals surface area (Å²) in [7, 11) is -3.16. The first-order valence-electron chi connectivity index (χ1n) is 8.36. The molecule has 1 atom stereocenters. The van der Waals surface area contributed by atoms with Gasteiger partial charge in [0.2, 0.25) is 0 Å². The van der Waals surface area contributed by atoms with E-state index in [0.29, 0.717) is 28.4 Å². The van der Waals surface area contributed by atoms with Crippen LogP contribution in [0.3, 0.4) is 0 Å². The maximum absolute atomic E-state index is 13.1. The highest BCUT2D eigenvalue weighted by molar-refractivity contribution is 8.26. The Bertz CT molecular complexity index is 1030. The summed E-state index contributed by atoms with van der Waals surface area (Å²) in [6.07, 6.45) is 2.00. The number of sulfone groups is 1. The highest BCUT2D eigenvalue weighted by atomic mass is 32.2. The van der Waals surface area contributed by atoms with Gasteiger partial charge in [-0.05, 0) is 12.5 Å². The van der Waals surface area contributed by atoms with E-state index < -0.39 is 15.9 Å². The van der Waals surface area contributed by atoms with Crippen LogP contribution in [0.2, 0.25) is 0 Å². The standard InChI is InChI=1S/C18H16N2O4S3/c1-2-8-19-13-6-4-3-5-12(13)14(16(19)21)15-17(22)20(18(25)26-15)11-7-9-27(23,24)10-11/h2-6,11H,1,7-10H2/b15-14+/t11-/m1/s1. The first kappa shape index (κ1) is 18.4. The summed E-state index contributed by atoms with van der Waals surface area (Å²) in [5, 5.41) is 0. The molecule has 1 aromatic carbocycles. The van der Waals surface area contributed by atoms with E-state index in [1.54, 1.807) is 17.0 Å². The van der Waals surface area contributed by atoms with E-state index >= 15 is 0 Å². The first-order valence-corrected chi connectivity index (χ1v) is 11.4. The van der Waals surface area contributed by atoms with E-state index in [1.807, 2.05) is 18.2 Å². The molecule has 4 rings (SSSR count). The van der Waals surface area contributed by atoms with Gasteiger partial charge in [-0.3, -0.25) is 14.5 Å². The molecule has 9 heteroatoms. The van der Waals surface area contributed by atoms with Crippen LogP contribution in [-0.4, -0.2) is 53.5 Å². The lowest BCUT2D eigenvalue weighted by molar-refractivity contribution is -0.123. The maximum atomic E-state index is 13.1. The van der Waals surface area contributed by atoms with E-state index in [1.165, 1.54) is 4.90 Å². The summed E-state index contributed by atoms with van der Waals surface area (Å²) in [5.74, 6) is -0.689. The number of hydrogen-bond acceptors (Lipinski definition) is 6. The molecule has 3 aliphatic rings. The van der Waals surface area contributed by atoms with Gasteiger partial charge in [-0.15, -0.1) is 6.58 Å². The molecule has 3 aliphatic heterocycles. The number of nitrogens with zero attached hydrogens (tertiary/aromatic N) is 2. The van der Waals surface area contributed by atoms with Gasteiger partial charge in [0.1, 0.15) is 4.32 Å². The number of fused-ring (bicyclic) bond motifs is 1. The van der Waals surface area contributed by atoms with Gasteiger partial charge in [-0.1, -0.05) is 48.3 Å². The summed E-state index contributed by atoms with van der Waals surface area (Å²) < 4.78 is 23.9. The van der Waals surface area contributed by atoms with Crippen LogP contribution in [0.1, 0.15) is 12.0 Å². The fourth-order valence-corrected chi connectivity index (χ4v) is 6.81. The Hall–Kier alpha value is -1.97. The second kappa shape index (κ2) is 6.57. The van der Waals surface area contributed by atoms with Crippen LogP contribution in [0.4, 0.5) is 5.69 Å². The van der Waals surface area contributed by atoms with E-state index in [-0.39, 0.29) is 28.2 Å². The number of carbonyl (C=O) groups is 2. The minimum Gasteiger partial charge on any atom is -0.304 e. The largest absolute Gasteiger partial charge is 0.304 e. The van der Waals surface area contributed by atoms with Gasteiger partial charge < -0.3 is 4.90 Å². The fraction of sp³-hybridized carbons (Fsp3) is 0.278. The lowest BCUT2D eigenvalue weighted by Crippen LogP contribution is -2.39. The quantitative estimate of drug-likeness (QED) is 0.423. The zero-order valence-corrected chi connectivity index (χ0v) is 16.7. The van der Waals surface area contributed by atoms with E-state index in [0.717, 1.165) is 17.4 Å². The zero-order chi connectivity index (χ0) is 19.3. The average molecular weight is 421 g/mol. The van der Waals surface area contributed by atoms with Crippen LogP contribution in [0.5, 0.6) is 0 Å². The van der Waals surface area contributed by atoms with E-state index in [9.17, 15) is 18.0 Å². The van der Waals surface area contributed by atoms with Crippen molar-refractivity contribution in [2.24, 2.45) is 0 Å². The number of anilines is 1. The molecule has 0 saturated carbocycles. The first-order chi connectivity index (χ1) is 12.8. The van der Waals surface area contributed by atoms with Crippen molar-refractivity contribution in [3.63, 3.8) is 0 Å². The van der Waals surface area contributed by atoms with Gasteiger partial charge in [0.25, 0.3) is 11.8 Å². The molecule has 3 heterocycles. The number of thiocarbonyl (C=S) groups is 1. The van der Waals surface area contributed by atoms with Gasteiger partial charge in [-0.2, -0.15) is 0 Å². The summed E-state index contributed by atoms with van der Waals surface area (Å²) >= 11 is 6.43. The van der Waals surface area contributed by atoms with Crippen molar-refractivity contribution in [2.75, 3.05) is 23.0 Å². The van der Waals surface area contributed by atoms with Gasteiger partial charge in [0, 0.05) is 12.1 Å². The smallest absolute Gasteiger partial charge is 0.267 e. The molecule has 0 bridgehead atoms. The van der Waals surface area contributed by atoms with Crippen LogP contribution in [0.15, 0.2) is 41.8 Å². The molecule has 27 heavy (non-hydrogen) atoms. The Kier molecular flexibility index (Phi) is 4.48. The van der Waals surface area contributed by atoms with Gasteiger partial charge in [-0.25, -0.2) is 8.42 Å². The lowest BCUT2D eigenvalue weighted by atomic mass is 10.1. The van der Waals surface area contributed by atoms with Crippen LogP contribution >= 0.6 is 24.0 Å². The summed E-state index contributed by atoms with van der Waals surface area (Å²) in [6, 6.07) is 6.82. The molecule has 6 nitrogen and oxygen atoms in total. The predicted octanol–water partition coefficient (Wildman–Crippen LogP) is 1.98. The van der Waals surface area contributed by atoms with Crippen LogP contribution in [-0.2, 0) is 19.4 Å². The number of para-hydroxylation sites is 1. The Balaban J connectivity index is 1.78. The SMILES string of the molecule is C=CCN1C(=O)/C(=C2/SC(=S)N([C@@H]3CCS(=O)(=O)C3)C2=O)c2ccccc21. The van der Waals surface area contributed by atoms with Crippen molar-refractivity contribution >= 4 is 61.2 Å². The average Bonchev–Trinajstić information content (AvgIpc) is 3.21. The predicted molar refractivity (Wildman–Crippen MR) is 110 cm³/mol. The number of benzene rings is 1. The lowest BCUT2D eigenvalue weighted by Gasteiger charge is -2.21. The third-order valence-electron chi connectivity index (χ3n) is 4.83. The normalized spacial score (nSPS) is 26.8. The molecule has 2 fully saturated rings. The fourth-order valence-electron chi connectivity index (χ4n) is 3.63. The minimum absolute atomic E-state index is 0.0511. The summed E-state index contributed by atoms with van der Waals surface area (Å²) in [6.45, 7) is 4.02. The third kappa shape index (κ3) is 2.94. The molecule has 0 radical (unpaired) electrons.